The molecule has 11 heavy (non-hydrogen) atoms. The van der Waals surface area contributed by atoms with Crippen molar-refractivity contribution in [3.8, 4) is 11.7 Å². The van der Waals surface area contributed by atoms with Crippen LogP contribution >= 0.6 is 9.21 Å². The van der Waals surface area contributed by atoms with Crippen LogP contribution in [-0.4, -0.2) is 15.8 Å². The Bertz CT molecular complexity index is 300. The molecule has 0 spiro atoms. The van der Waals surface area contributed by atoms with Crippen molar-refractivity contribution < 1.29 is 0 Å². The third kappa shape index (κ3) is 2.74. The maximum atomic E-state index is 5.36. The first kappa shape index (κ1) is 10.2. The van der Waals surface area contributed by atoms with Gasteiger partial charge in [-0.1, -0.05) is 33.1 Å². The Hall–Kier alpha value is -0.790. The zero-order valence-corrected chi connectivity index (χ0v) is 8.00. The van der Waals surface area contributed by atoms with E-state index in [-0.39, 0.29) is 0 Å². The van der Waals surface area contributed by atoms with Crippen LogP contribution in [0.4, 0.5) is 0 Å². The predicted molar refractivity (Wildman–Crippen MR) is 57.4 cm³/mol. The molecule has 0 aromatic heterocycles. The molecular weight excluding hydrogens is 152 g/mol. The van der Waals surface area contributed by atoms with Crippen LogP contribution in [0.2, 0.25) is 0 Å². The van der Waals surface area contributed by atoms with E-state index in [1.807, 2.05) is 0 Å². The summed E-state index contributed by atoms with van der Waals surface area (Å²) in [6.45, 7) is 11.4. The third-order valence-corrected chi connectivity index (χ3v) is 3.83. The first-order chi connectivity index (χ1) is 5.10. The van der Waals surface area contributed by atoms with Crippen molar-refractivity contribution >= 4 is 19.3 Å². The lowest BCUT2D eigenvalue weighted by atomic mass is 10.3. The molecule has 0 unspecified atom stereocenters. The minimum Gasteiger partial charge on any atom is -0.108 e. The molecule has 0 radical (unpaired) electrons. The SMILES string of the molecule is C#CS(=C=C)(=C=C)CC(C)C. The highest BCUT2D eigenvalue weighted by molar-refractivity contribution is 8.32. The van der Waals surface area contributed by atoms with Gasteiger partial charge in [0.15, 0.2) is 0 Å². The van der Waals surface area contributed by atoms with Crippen LogP contribution in [0.15, 0.2) is 13.2 Å². The molecule has 0 aromatic rings. The van der Waals surface area contributed by atoms with E-state index in [1.165, 1.54) is 0 Å². The molecule has 0 fully saturated rings. The lowest BCUT2D eigenvalue weighted by Crippen LogP contribution is -1.95. The lowest BCUT2D eigenvalue weighted by molar-refractivity contribution is 0.751. The summed E-state index contributed by atoms with van der Waals surface area (Å²) in [4.78, 5) is 0. The van der Waals surface area contributed by atoms with Crippen molar-refractivity contribution in [2.24, 2.45) is 5.92 Å². The van der Waals surface area contributed by atoms with E-state index in [1.54, 1.807) is 0 Å². The summed E-state index contributed by atoms with van der Waals surface area (Å²) >= 11 is 0. The van der Waals surface area contributed by atoms with Crippen molar-refractivity contribution in [1.82, 2.24) is 0 Å². The van der Waals surface area contributed by atoms with Crippen molar-refractivity contribution in [3.63, 3.8) is 0 Å². The Balaban J connectivity index is 5.16. The number of terminal acetylenes is 1. The van der Waals surface area contributed by atoms with Gasteiger partial charge in [-0.05, 0) is 24.3 Å². The minimum atomic E-state index is -1.40. The van der Waals surface area contributed by atoms with Crippen molar-refractivity contribution in [2.45, 2.75) is 13.8 Å². The van der Waals surface area contributed by atoms with Gasteiger partial charge in [-0.2, -0.15) is 0 Å². The summed E-state index contributed by atoms with van der Waals surface area (Å²) in [5.41, 5.74) is 0. The van der Waals surface area contributed by atoms with Gasteiger partial charge in [0.1, 0.15) is 0 Å². The van der Waals surface area contributed by atoms with Gasteiger partial charge in [-0.15, -0.1) is 6.42 Å². The Kier molecular flexibility index (Phi) is 3.86. The van der Waals surface area contributed by atoms with Gasteiger partial charge in [0.2, 0.25) is 0 Å². The number of hydrogen-bond donors (Lipinski definition) is 0. The fourth-order valence-electron chi connectivity index (χ4n) is 0.800. The summed E-state index contributed by atoms with van der Waals surface area (Å²) in [6, 6.07) is 0. The summed E-state index contributed by atoms with van der Waals surface area (Å²) < 4.78 is 0. The van der Waals surface area contributed by atoms with E-state index in [4.69, 9.17) is 6.42 Å². The quantitative estimate of drug-likeness (QED) is 0.436. The van der Waals surface area contributed by atoms with Gasteiger partial charge in [0.25, 0.3) is 0 Å². The molecule has 0 bridgehead atoms. The van der Waals surface area contributed by atoms with Crippen LogP contribution in [0, 0.1) is 17.6 Å². The molecule has 0 saturated heterocycles. The molecule has 0 N–H and O–H groups in total. The molecule has 0 saturated carbocycles. The molecule has 0 nitrogen and oxygen atoms in total. The van der Waals surface area contributed by atoms with E-state index in [2.05, 4.69) is 42.3 Å². The Morgan fingerprint density at radius 3 is 1.91 bits per heavy atom. The molecule has 0 aliphatic carbocycles. The van der Waals surface area contributed by atoms with Crippen LogP contribution in [0.25, 0.3) is 0 Å². The molecule has 0 aliphatic rings. The zero-order valence-electron chi connectivity index (χ0n) is 7.18. The van der Waals surface area contributed by atoms with Crippen LogP contribution in [-0.2, 0) is 0 Å². The lowest BCUT2D eigenvalue weighted by Gasteiger charge is -2.07. The van der Waals surface area contributed by atoms with Crippen LogP contribution in [0.1, 0.15) is 13.8 Å². The van der Waals surface area contributed by atoms with E-state index < -0.39 is 9.21 Å². The summed E-state index contributed by atoms with van der Waals surface area (Å²) in [6.07, 6.45) is 5.36. The molecule has 1 heteroatoms. The molecule has 0 aromatic carbocycles. The predicted octanol–water partition coefficient (Wildman–Crippen LogP) is 2.21. The third-order valence-electron chi connectivity index (χ3n) is 1.28. The second kappa shape index (κ2) is 4.16. The zero-order chi connectivity index (χ0) is 8.91. The topological polar surface area (TPSA) is 0 Å². The van der Waals surface area contributed by atoms with E-state index in [0.29, 0.717) is 5.92 Å². The maximum Gasteiger partial charge on any atom is 0.0101 e. The van der Waals surface area contributed by atoms with E-state index >= 15 is 0 Å². The molecule has 0 amide bonds. The van der Waals surface area contributed by atoms with Gasteiger partial charge in [-0.25, -0.2) is 0 Å². The van der Waals surface area contributed by atoms with Gasteiger partial charge in [0.05, 0.1) is 0 Å². The highest BCUT2D eigenvalue weighted by Gasteiger charge is 1.99. The average molecular weight is 166 g/mol. The monoisotopic (exact) mass is 166 g/mol. The summed E-state index contributed by atoms with van der Waals surface area (Å²) in [5, 5.41) is 8.42. The van der Waals surface area contributed by atoms with Crippen molar-refractivity contribution in [3.05, 3.63) is 13.2 Å². The average Bonchev–Trinajstić information content (AvgIpc) is 2.00. The van der Waals surface area contributed by atoms with Gasteiger partial charge in [-0.3, -0.25) is 0 Å². The fourth-order valence-corrected chi connectivity index (χ4v) is 2.40. The summed E-state index contributed by atoms with van der Waals surface area (Å²) in [5.74, 6) is 1.45. The number of hydrogen-bond acceptors (Lipinski definition) is 0. The maximum absolute atomic E-state index is 5.36. The van der Waals surface area contributed by atoms with E-state index in [9.17, 15) is 0 Å². The molecule has 0 aliphatic heterocycles. The molecule has 0 atom stereocenters. The highest BCUT2D eigenvalue weighted by atomic mass is 32.2. The van der Waals surface area contributed by atoms with Gasteiger partial charge in [0, 0.05) is 5.75 Å². The summed E-state index contributed by atoms with van der Waals surface area (Å²) in [7, 11) is -1.40. The minimum absolute atomic E-state index is 0.546. The Labute approximate surface area is 70.1 Å². The molecule has 0 heterocycles. The molecule has 0 rings (SSSR count). The molecule has 60 valence electrons. The smallest absolute Gasteiger partial charge is 0.0101 e. The number of rotatable bonds is 2. The first-order valence-corrected chi connectivity index (χ1v) is 5.26. The normalized spacial score (nSPS) is 10.0. The van der Waals surface area contributed by atoms with Crippen LogP contribution in [0.5, 0.6) is 0 Å². The van der Waals surface area contributed by atoms with Crippen LogP contribution < -0.4 is 0 Å². The molecular formula is C10H14S. The highest BCUT2D eigenvalue weighted by Crippen LogP contribution is 2.21. The van der Waals surface area contributed by atoms with Gasteiger partial charge < -0.3 is 0 Å². The first-order valence-electron chi connectivity index (χ1n) is 3.46. The van der Waals surface area contributed by atoms with E-state index in [0.717, 1.165) is 5.75 Å². The van der Waals surface area contributed by atoms with Crippen molar-refractivity contribution in [1.29, 1.82) is 0 Å². The van der Waals surface area contributed by atoms with Gasteiger partial charge >= 0.3 is 0 Å². The largest absolute Gasteiger partial charge is 0.108 e. The Morgan fingerprint density at radius 1 is 1.36 bits per heavy atom. The fraction of sp³-hybridized carbons (Fsp3) is 0.400. The standard InChI is InChI=1S/C10H14S/c1-6-11(7-2,8-3)9-10(4)5/h1,10H,2-3,9H2,4-5H3. The van der Waals surface area contributed by atoms with Crippen molar-refractivity contribution in [2.75, 3.05) is 5.75 Å². The van der Waals surface area contributed by atoms with Crippen LogP contribution in [0.3, 0.4) is 0 Å². The second-order valence-electron chi connectivity index (χ2n) is 2.71. The second-order valence-corrected chi connectivity index (χ2v) is 5.33. The Morgan fingerprint density at radius 2 is 1.82 bits per heavy atom.